The van der Waals surface area contributed by atoms with Gasteiger partial charge in [-0.2, -0.15) is 0 Å². The summed E-state index contributed by atoms with van der Waals surface area (Å²) >= 11 is 0. The molecule has 0 unspecified atom stereocenters. The molecule has 28 heavy (non-hydrogen) atoms. The molecule has 5 nitrogen and oxygen atoms in total. The highest BCUT2D eigenvalue weighted by atomic mass is 127. The third kappa shape index (κ3) is 9.52. The molecular weight excluding hydrogens is 465 g/mol. The number of hydrogen-bond acceptors (Lipinski definition) is 3. The minimum absolute atomic E-state index is 0. The van der Waals surface area contributed by atoms with Crippen molar-refractivity contribution >= 4 is 29.9 Å². The van der Waals surface area contributed by atoms with E-state index in [2.05, 4.69) is 41.8 Å². The van der Waals surface area contributed by atoms with Crippen molar-refractivity contribution in [2.45, 2.75) is 33.6 Å². The van der Waals surface area contributed by atoms with Gasteiger partial charge in [0.15, 0.2) is 5.96 Å². The van der Waals surface area contributed by atoms with Crippen molar-refractivity contribution in [3.05, 3.63) is 71.3 Å². The summed E-state index contributed by atoms with van der Waals surface area (Å²) < 4.78 is 11.3. The number of ether oxygens (including phenoxy) is 2. The standard InChI is InChI=1S/C22H31N3O2.HI/c1-3-23-22(24-14-15-26-4-2)25-16-20-12-8-9-13-21(20)18-27-17-19-10-6-5-7-11-19;/h5-13H,3-4,14-18H2,1-2H3,(H2,23,24,25);1H. The summed E-state index contributed by atoms with van der Waals surface area (Å²) in [5.41, 5.74) is 3.52. The van der Waals surface area contributed by atoms with Gasteiger partial charge in [0.2, 0.25) is 0 Å². The second-order valence-corrected chi connectivity index (χ2v) is 6.07. The fourth-order valence-corrected chi connectivity index (χ4v) is 2.60. The van der Waals surface area contributed by atoms with E-state index in [0.29, 0.717) is 26.4 Å². The average molecular weight is 497 g/mol. The average Bonchev–Trinajstić information content (AvgIpc) is 2.71. The van der Waals surface area contributed by atoms with E-state index in [0.717, 1.165) is 25.7 Å². The topological polar surface area (TPSA) is 54.9 Å². The Morgan fingerprint density at radius 3 is 2.29 bits per heavy atom. The summed E-state index contributed by atoms with van der Waals surface area (Å²) in [6.45, 7) is 8.81. The predicted octanol–water partition coefficient (Wildman–Crippen LogP) is 4.11. The molecule has 0 atom stereocenters. The number of hydrogen-bond donors (Lipinski definition) is 2. The number of nitrogens with one attached hydrogen (secondary N) is 2. The van der Waals surface area contributed by atoms with E-state index >= 15 is 0 Å². The van der Waals surface area contributed by atoms with Crippen LogP contribution in [0.5, 0.6) is 0 Å². The van der Waals surface area contributed by atoms with Gasteiger partial charge >= 0.3 is 0 Å². The van der Waals surface area contributed by atoms with Crippen LogP contribution in [0.4, 0.5) is 0 Å². The molecule has 0 aliphatic rings. The summed E-state index contributed by atoms with van der Waals surface area (Å²) in [4.78, 5) is 4.69. The maximum absolute atomic E-state index is 5.90. The third-order valence-electron chi connectivity index (χ3n) is 3.98. The molecule has 0 spiro atoms. The number of guanidine groups is 1. The maximum Gasteiger partial charge on any atom is 0.191 e. The molecule has 0 saturated carbocycles. The zero-order chi connectivity index (χ0) is 19.2. The van der Waals surface area contributed by atoms with Gasteiger partial charge in [0.1, 0.15) is 0 Å². The van der Waals surface area contributed by atoms with Crippen LogP contribution in [0.2, 0.25) is 0 Å². The Kier molecular flexibility index (Phi) is 13.3. The normalized spacial score (nSPS) is 11.0. The van der Waals surface area contributed by atoms with E-state index < -0.39 is 0 Å². The second-order valence-electron chi connectivity index (χ2n) is 6.07. The van der Waals surface area contributed by atoms with Crippen LogP contribution < -0.4 is 10.6 Å². The lowest BCUT2D eigenvalue weighted by atomic mass is 10.1. The fourth-order valence-electron chi connectivity index (χ4n) is 2.60. The van der Waals surface area contributed by atoms with Crippen LogP contribution in [0.3, 0.4) is 0 Å². The van der Waals surface area contributed by atoms with Gasteiger partial charge in [0.05, 0.1) is 26.4 Å². The molecule has 2 aromatic carbocycles. The monoisotopic (exact) mass is 497 g/mol. The first-order valence-electron chi connectivity index (χ1n) is 9.61. The Bertz CT molecular complexity index is 680. The molecular formula is C22H32IN3O2. The molecule has 2 rings (SSSR count). The van der Waals surface area contributed by atoms with Crippen LogP contribution in [-0.4, -0.2) is 32.3 Å². The number of halogens is 1. The summed E-state index contributed by atoms with van der Waals surface area (Å²) in [5.74, 6) is 0.803. The Morgan fingerprint density at radius 2 is 1.57 bits per heavy atom. The molecule has 0 saturated heterocycles. The molecule has 2 N–H and O–H groups in total. The molecule has 0 aromatic heterocycles. The van der Waals surface area contributed by atoms with Crippen molar-refractivity contribution in [3.8, 4) is 0 Å². The van der Waals surface area contributed by atoms with Crippen LogP contribution in [0.15, 0.2) is 59.6 Å². The molecule has 154 valence electrons. The SMILES string of the molecule is CCNC(=NCc1ccccc1COCc1ccccc1)NCCOCC.I. The zero-order valence-electron chi connectivity index (χ0n) is 16.8. The number of nitrogens with zero attached hydrogens (tertiary/aromatic N) is 1. The van der Waals surface area contributed by atoms with Gasteiger partial charge < -0.3 is 20.1 Å². The number of benzene rings is 2. The van der Waals surface area contributed by atoms with Gasteiger partial charge in [-0.25, -0.2) is 4.99 Å². The Balaban J connectivity index is 0.00000392. The van der Waals surface area contributed by atoms with Crippen molar-refractivity contribution in [1.29, 1.82) is 0 Å². The summed E-state index contributed by atoms with van der Waals surface area (Å²) in [5, 5.41) is 6.56. The molecule has 0 fully saturated rings. The van der Waals surface area contributed by atoms with E-state index in [1.165, 1.54) is 16.7 Å². The summed E-state index contributed by atoms with van der Waals surface area (Å²) in [6.07, 6.45) is 0. The van der Waals surface area contributed by atoms with Crippen molar-refractivity contribution in [2.24, 2.45) is 4.99 Å². The third-order valence-corrected chi connectivity index (χ3v) is 3.98. The van der Waals surface area contributed by atoms with Crippen molar-refractivity contribution < 1.29 is 9.47 Å². The minimum atomic E-state index is 0. The lowest BCUT2D eigenvalue weighted by Gasteiger charge is -2.13. The van der Waals surface area contributed by atoms with Gasteiger partial charge in [-0.3, -0.25) is 0 Å². The molecule has 0 aliphatic heterocycles. The molecule has 0 heterocycles. The first-order valence-corrected chi connectivity index (χ1v) is 9.61. The van der Waals surface area contributed by atoms with Crippen LogP contribution in [0, 0.1) is 0 Å². The summed E-state index contributed by atoms with van der Waals surface area (Å²) in [6, 6.07) is 18.5. The first kappa shape index (κ1) is 24.4. The lowest BCUT2D eigenvalue weighted by molar-refractivity contribution is 0.106. The summed E-state index contributed by atoms with van der Waals surface area (Å²) in [7, 11) is 0. The van der Waals surface area contributed by atoms with Crippen molar-refractivity contribution in [1.82, 2.24) is 10.6 Å². The Morgan fingerprint density at radius 1 is 0.857 bits per heavy atom. The molecule has 0 radical (unpaired) electrons. The van der Waals surface area contributed by atoms with Crippen LogP contribution in [-0.2, 0) is 29.2 Å². The van der Waals surface area contributed by atoms with Crippen molar-refractivity contribution in [2.75, 3.05) is 26.3 Å². The Labute approximate surface area is 186 Å². The van der Waals surface area contributed by atoms with Gasteiger partial charge in [-0.15, -0.1) is 24.0 Å². The van der Waals surface area contributed by atoms with Crippen LogP contribution in [0.1, 0.15) is 30.5 Å². The van der Waals surface area contributed by atoms with Gasteiger partial charge in [-0.05, 0) is 30.5 Å². The maximum atomic E-state index is 5.90. The van der Waals surface area contributed by atoms with E-state index in [-0.39, 0.29) is 24.0 Å². The van der Waals surface area contributed by atoms with E-state index in [1.807, 2.05) is 37.3 Å². The molecule has 0 aliphatic carbocycles. The quantitative estimate of drug-likeness (QED) is 0.212. The van der Waals surface area contributed by atoms with Crippen molar-refractivity contribution in [3.63, 3.8) is 0 Å². The molecule has 6 heteroatoms. The number of rotatable bonds is 11. The number of aliphatic imine (C=N–C) groups is 1. The van der Waals surface area contributed by atoms with Gasteiger partial charge in [-0.1, -0.05) is 54.6 Å². The molecule has 0 bridgehead atoms. The molecule has 2 aromatic rings. The highest BCUT2D eigenvalue weighted by Gasteiger charge is 2.03. The zero-order valence-corrected chi connectivity index (χ0v) is 19.1. The van der Waals surface area contributed by atoms with Gasteiger partial charge in [0.25, 0.3) is 0 Å². The fraction of sp³-hybridized carbons (Fsp3) is 0.409. The highest BCUT2D eigenvalue weighted by molar-refractivity contribution is 14.0. The highest BCUT2D eigenvalue weighted by Crippen LogP contribution is 2.13. The van der Waals surface area contributed by atoms with E-state index in [4.69, 9.17) is 14.5 Å². The van der Waals surface area contributed by atoms with E-state index in [1.54, 1.807) is 0 Å². The Hall–Kier alpha value is -1.64. The largest absolute Gasteiger partial charge is 0.380 e. The van der Waals surface area contributed by atoms with Crippen LogP contribution in [0.25, 0.3) is 0 Å². The predicted molar refractivity (Wildman–Crippen MR) is 126 cm³/mol. The van der Waals surface area contributed by atoms with Crippen LogP contribution >= 0.6 is 24.0 Å². The van der Waals surface area contributed by atoms with Gasteiger partial charge in [0, 0.05) is 19.7 Å². The molecule has 0 amide bonds. The lowest BCUT2D eigenvalue weighted by Crippen LogP contribution is -2.39. The minimum Gasteiger partial charge on any atom is -0.380 e. The van der Waals surface area contributed by atoms with E-state index in [9.17, 15) is 0 Å². The second kappa shape index (κ2) is 15.3. The first-order chi connectivity index (χ1) is 13.3. The smallest absolute Gasteiger partial charge is 0.191 e.